The van der Waals surface area contributed by atoms with Gasteiger partial charge in [-0.25, -0.2) is 8.42 Å². The summed E-state index contributed by atoms with van der Waals surface area (Å²) in [4.78, 5) is 15.8. The van der Waals surface area contributed by atoms with E-state index in [4.69, 9.17) is 0 Å². The Balaban J connectivity index is 1.44. The minimum Gasteiger partial charge on any atom is -0.361 e. The van der Waals surface area contributed by atoms with Crippen LogP contribution < -0.4 is 5.32 Å². The van der Waals surface area contributed by atoms with Gasteiger partial charge in [0.25, 0.3) is 0 Å². The van der Waals surface area contributed by atoms with Crippen molar-refractivity contribution in [3.8, 4) is 0 Å². The van der Waals surface area contributed by atoms with Gasteiger partial charge in [-0.1, -0.05) is 18.2 Å². The van der Waals surface area contributed by atoms with E-state index in [9.17, 15) is 13.2 Å². The molecule has 4 rings (SSSR count). The summed E-state index contributed by atoms with van der Waals surface area (Å²) in [6.07, 6.45) is 3.90. The number of carbonyl (C=O) groups is 1. The normalized spacial score (nSPS) is 15.3. The van der Waals surface area contributed by atoms with Crippen molar-refractivity contribution >= 4 is 32.5 Å². The van der Waals surface area contributed by atoms with E-state index in [0.29, 0.717) is 18.8 Å². The molecule has 0 spiro atoms. The molecule has 0 saturated carbocycles. The second-order valence-corrected chi connectivity index (χ2v) is 8.66. The van der Waals surface area contributed by atoms with Crippen molar-refractivity contribution < 1.29 is 13.2 Å². The number of carbonyl (C=O) groups excluding carboxylic acids is 1. The number of aromatic nitrogens is 1. The van der Waals surface area contributed by atoms with E-state index >= 15 is 0 Å². The lowest BCUT2D eigenvalue weighted by Crippen LogP contribution is -2.27. The van der Waals surface area contributed by atoms with Crippen LogP contribution in [0, 0.1) is 0 Å². The third-order valence-electron chi connectivity index (χ3n) is 4.87. The zero-order valence-electron chi connectivity index (χ0n) is 14.8. The van der Waals surface area contributed by atoms with Gasteiger partial charge in [0, 0.05) is 35.9 Å². The molecule has 1 fully saturated rings. The largest absolute Gasteiger partial charge is 0.361 e. The van der Waals surface area contributed by atoms with E-state index in [1.165, 1.54) is 4.31 Å². The zero-order valence-corrected chi connectivity index (χ0v) is 15.6. The van der Waals surface area contributed by atoms with Crippen molar-refractivity contribution in [3.63, 3.8) is 0 Å². The fraction of sp³-hybridized carbons (Fsp3) is 0.250. The fourth-order valence-corrected chi connectivity index (χ4v) is 4.96. The van der Waals surface area contributed by atoms with Gasteiger partial charge in [0.1, 0.15) is 0 Å². The van der Waals surface area contributed by atoms with Gasteiger partial charge < -0.3 is 10.3 Å². The third kappa shape index (κ3) is 3.61. The van der Waals surface area contributed by atoms with E-state index in [0.717, 1.165) is 29.3 Å². The third-order valence-corrected chi connectivity index (χ3v) is 6.78. The van der Waals surface area contributed by atoms with Crippen LogP contribution in [0.25, 0.3) is 10.9 Å². The van der Waals surface area contributed by atoms with Gasteiger partial charge >= 0.3 is 0 Å². The van der Waals surface area contributed by atoms with Crippen LogP contribution in [0.4, 0.5) is 5.69 Å². The molecule has 7 heteroatoms. The number of nitrogens with one attached hydrogen (secondary N) is 2. The maximum atomic E-state index is 12.5. The number of hydrogen-bond donors (Lipinski definition) is 2. The molecular weight excluding hydrogens is 362 g/mol. The first-order valence-electron chi connectivity index (χ1n) is 8.99. The first-order valence-corrected chi connectivity index (χ1v) is 10.4. The molecule has 1 saturated heterocycles. The van der Waals surface area contributed by atoms with E-state index in [1.54, 1.807) is 24.3 Å². The van der Waals surface area contributed by atoms with Crippen LogP contribution in [0.1, 0.15) is 18.4 Å². The number of para-hydroxylation sites is 1. The molecule has 2 N–H and O–H groups in total. The highest BCUT2D eigenvalue weighted by Gasteiger charge is 2.26. The molecule has 1 aliphatic rings. The monoisotopic (exact) mass is 383 g/mol. The number of hydrogen-bond acceptors (Lipinski definition) is 3. The van der Waals surface area contributed by atoms with E-state index in [-0.39, 0.29) is 17.2 Å². The number of rotatable bonds is 5. The number of amides is 1. The van der Waals surface area contributed by atoms with Crippen molar-refractivity contribution in [2.75, 3.05) is 18.4 Å². The Morgan fingerprint density at radius 3 is 2.48 bits per heavy atom. The SMILES string of the molecule is O=C(Cc1c[nH]c2ccccc12)Nc1ccc(S(=O)(=O)N2CCCC2)cc1. The highest BCUT2D eigenvalue weighted by atomic mass is 32.2. The molecule has 0 bridgehead atoms. The topological polar surface area (TPSA) is 82.3 Å². The summed E-state index contributed by atoms with van der Waals surface area (Å²) >= 11 is 0. The summed E-state index contributed by atoms with van der Waals surface area (Å²) in [5.74, 6) is -0.144. The lowest BCUT2D eigenvalue weighted by molar-refractivity contribution is -0.115. The molecule has 140 valence electrons. The maximum absolute atomic E-state index is 12.5. The smallest absolute Gasteiger partial charge is 0.243 e. The molecule has 1 aromatic heterocycles. The van der Waals surface area contributed by atoms with Crippen LogP contribution >= 0.6 is 0 Å². The Morgan fingerprint density at radius 2 is 1.74 bits per heavy atom. The highest BCUT2D eigenvalue weighted by molar-refractivity contribution is 7.89. The number of anilines is 1. The molecule has 27 heavy (non-hydrogen) atoms. The van der Waals surface area contributed by atoms with Gasteiger partial charge in [-0.2, -0.15) is 4.31 Å². The van der Waals surface area contributed by atoms with Crippen molar-refractivity contribution in [1.29, 1.82) is 0 Å². The van der Waals surface area contributed by atoms with Crippen LogP contribution in [0.2, 0.25) is 0 Å². The minimum atomic E-state index is -3.43. The summed E-state index contributed by atoms with van der Waals surface area (Å²) in [5, 5.41) is 3.86. The van der Waals surface area contributed by atoms with Crippen molar-refractivity contribution in [3.05, 3.63) is 60.3 Å². The second kappa shape index (κ2) is 7.17. The lowest BCUT2D eigenvalue weighted by atomic mass is 10.1. The summed E-state index contributed by atoms with van der Waals surface area (Å²) in [5.41, 5.74) is 2.51. The number of sulfonamides is 1. The fourth-order valence-electron chi connectivity index (χ4n) is 3.44. The van der Waals surface area contributed by atoms with E-state index < -0.39 is 10.0 Å². The standard InChI is InChI=1S/C20H21N3O3S/c24-20(13-15-14-21-19-6-2-1-5-18(15)19)22-16-7-9-17(10-8-16)27(25,26)23-11-3-4-12-23/h1-2,5-10,14,21H,3-4,11-13H2,(H,22,24). The molecule has 3 aromatic rings. The van der Waals surface area contributed by atoms with Crippen LogP contribution in [-0.4, -0.2) is 36.7 Å². The molecule has 1 aliphatic heterocycles. The number of nitrogens with zero attached hydrogens (tertiary/aromatic N) is 1. The van der Waals surface area contributed by atoms with Crippen LogP contribution in [-0.2, 0) is 21.2 Å². The quantitative estimate of drug-likeness (QED) is 0.710. The Kier molecular flexibility index (Phi) is 4.72. The molecule has 0 aliphatic carbocycles. The maximum Gasteiger partial charge on any atom is 0.243 e. The van der Waals surface area contributed by atoms with Crippen LogP contribution in [0.3, 0.4) is 0 Å². The van der Waals surface area contributed by atoms with E-state index in [2.05, 4.69) is 10.3 Å². The summed E-state index contributed by atoms with van der Waals surface area (Å²) in [6.45, 7) is 1.15. The molecule has 0 atom stereocenters. The van der Waals surface area contributed by atoms with Crippen LogP contribution in [0.5, 0.6) is 0 Å². The Labute approximate surface area is 158 Å². The molecule has 6 nitrogen and oxygen atoms in total. The number of fused-ring (bicyclic) bond motifs is 1. The summed E-state index contributed by atoms with van der Waals surface area (Å²) in [6, 6.07) is 14.2. The van der Waals surface area contributed by atoms with E-state index in [1.807, 2.05) is 30.5 Å². The molecule has 1 amide bonds. The van der Waals surface area contributed by atoms with Gasteiger partial charge in [0.2, 0.25) is 15.9 Å². The van der Waals surface area contributed by atoms with Crippen LogP contribution in [0.15, 0.2) is 59.6 Å². The molecule has 0 radical (unpaired) electrons. The van der Waals surface area contributed by atoms with Gasteiger partial charge in [0.05, 0.1) is 11.3 Å². The highest BCUT2D eigenvalue weighted by Crippen LogP contribution is 2.23. The average molecular weight is 383 g/mol. The Bertz CT molecular complexity index is 1070. The minimum absolute atomic E-state index is 0.144. The van der Waals surface area contributed by atoms with Gasteiger partial charge in [-0.05, 0) is 48.7 Å². The number of benzene rings is 2. The second-order valence-electron chi connectivity index (χ2n) is 6.72. The molecular formula is C20H21N3O3S. The predicted octanol–water partition coefficient (Wildman–Crippen LogP) is 3.13. The first kappa shape index (κ1) is 17.8. The first-order chi connectivity index (χ1) is 13.0. The lowest BCUT2D eigenvalue weighted by Gasteiger charge is -2.15. The Hall–Kier alpha value is -2.64. The average Bonchev–Trinajstić information content (AvgIpc) is 3.33. The summed E-state index contributed by atoms with van der Waals surface area (Å²) in [7, 11) is -3.43. The molecule has 2 heterocycles. The zero-order chi connectivity index (χ0) is 18.9. The predicted molar refractivity (Wildman–Crippen MR) is 105 cm³/mol. The number of aromatic amines is 1. The Morgan fingerprint density at radius 1 is 1.04 bits per heavy atom. The molecule has 0 unspecified atom stereocenters. The van der Waals surface area contributed by atoms with Gasteiger partial charge in [-0.15, -0.1) is 0 Å². The van der Waals surface area contributed by atoms with Crippen molar-refractivity contribution in [1.82, 2.24) is 9.29 Å². The summed E-state index contributed by atoms with van der Waals surface area (Å²) < 4.78 is 26.6. The van der Waals surface area contributed by atoms with Crippen molar-refractivity contribution in [2.45, 2.75) is 24.2 Å². The van der Waals surface area contributed by atoms with Gasteiger partial charge in [-0.3, -0.25) is 4.79 Å². The number of H-pyrrole nitrogens is 1. The van der Waals surface area contributed by atoms with Crippen molar-refractivity contribution in [2.24, 2.45) is 0 Å². The van der Waals surface area contributed by atoms with Gasteiger partial charge in [0.15, 0.2) is 0 Å². The molecule has 2 aromatic carbocycles.